The first kappa shape index (κ1) is 25.7. The summed E-state index contributed by atoms with van der Waals surface area (Å²) in [4.78, 5) is 23.7. The third-order valence-electron chi connectivity index (χ3n) is 6.97. The van der Waals surface area contributed by atoms with E-state index in [1.165, 1.54) is 31.5 Å². The molecule has 0 atom stereocenters. The van der Waals surface area contributed by atoms with Crippen LogP contribution in [0, 0.1) is 0 Å². The van der Waals surface area contributed by atoms with Crippen LogP contribution in [0.15, 0.2) is 54.7 Å². The second-order valence-electron chi connectivity index (χ2n) is 9.84. The number of carbonyl (C=O) groups is 1. The lowest BCUT2D eigenvalue weighted by atomic mass is 10.1. The second-order valence-corrected chi connectivity index (χ2v) is 9.84. The molecule has 1 amide bonds. The van der Waals surface area contributed by atoms with Crippen LogP contribution in [0.3, 0.4) is 0 Å². The molecule has 2 aromatic heterocycles. The van der Waals surface area contributed by atoms with Gasteiger partial charge >= 0.3 is 0 Å². The summed E-state index contributed by atoms with van der Waals surface area (Å²) in [6.45, 7) is 7.30. The largest absolute Gasteiger partial charge is 0.497 e. The molecule has 4 aromatic rings. The predicted octanol–water partition coefficient (Wildman–Crippen LogP) is 2.81. The van der Waals surface area contributed by atoms with Crippen LogP contribution in [0.1, 0.15) is 53.5 Å². The Hall–Kier alpha value is -3.98. The fraction of sp³-hybridized carbons (Fsp3) is 0.379. The van der Waals surface area contributed by atoms with E-state index in [4.69, 9.17) is 4.74 Å². The monoisotopic (exact) mass is 514 g/mol. The zero-order valence-electron chi connectivity index (χ0n) is 22.2. The Morgan fingerprint density at radius 2 is 1.71 bits per heavy atom. The minimum absolute atomic E-state index is 0.133. The molecule has 9 heteroatoms. The van der Waals surface area contributed by atoms with Crippen molar-refractivity contribution in [2.45, 2.75) is 45.8 Å². The van der Waals surface area contributed by atoms with Gasteiger partial charge in [-0.25, -0.2) is 14.6 Å². The van der Waals surface area contributed by atoms with E-state index < -0.39 is 0 Å². The second kappa shape index (κ2) is 12.0. The Labute approximate surface area is 223 Å². The van der Waals surface area contributed by atoms with E-state index in [0.29, 0.717) is 31.1 Å². The van der Waals surface area contributed by atoms with Gasteiger partial charge < -0.3 is 20.3 Å². The van der Waals surface area contributed by atoms with Crippen molar-refractivity contribution in [3.63, 3.8) is 0 Å². The maximum Gasteiger partial charge on any atom is 0.289 e. The highest BCUT2D eigenvalue weighted by Gasteiger charge is 2.18. The maximum absolute atomic E-state index is 12.8. The molecule has 0 radical (unpaired) electrons. The molecule has 9 nitrogen and oxygen atoms in total. The third kappa shape index (κ3) is 6.11. The molecular formula is C29H36N7O2+. The highest BCUT2D eigenvalue weighted by Crippen LogP contribution is 2.22. The van der Waals surface area contributed by atoms with Gasteiger partial charge in [0.15, 0.2) is 5.65 Å². The number of methoxy groups -OCH3 is 1. The smallest absolute Gasteiger partial charge is 0.289 e. The summed E-state index contributed by atoms with van der Waals surface area (Å²) in [5.74, 6) is 1.24. The summed E-state index contributed by atoms with van der Waals surface area (Å²) in [6, 6.07) is 16.6. The number of quaternary nitrogens is 1. The van der Waals surface area contributed by atoms with E-state index in [1.807, 2.05) is 35.9 Å². The molecule has 3 N–H and O–H groups in total. The normalized spacial score (nSPS) is 13.6. The quantitative estimate of drug-likeness (QED) is 0.285. The van der Waals surface area contributed by atoms with Crippen LogP contribution < -0.4 is 20.3 Å². The number of benzene rings is 2. The van der Waals surface area contributed by atoms with E-state index in [0.717, 1.165) is 35.2 Å². The number of carbonyl (C=O) groups excluding carboxylic acids is 1. The van der Waals surface area contributed by atoms with Crippen LogP contribution in [0.5, 0.6) is 5.75 Å². The number of rotatable bonds is 11. The van der Waals surface area contributed by atoms with Gasteiger partial charge in [-0.05, 0) is 29.7 Å². The van der Waals surface area contributed by atoms with E-state index in [2.05, 4.69) is 50.0 Å². The minimum atomic E-state index is -0.289. The Balaban J connectivity index is 1.38. The summed E-state index contributed by atoms with van der Waals surface area (Å²) < 4.78 is 7.09. The number of likely N-dealkylation sites (tertiary alicyclic amines) is 1. The Bertz CT molecular complexity index is 1360. The average Bonchev–Trinajstić information content (AvgIpc) is 3.62. The fourth-order valence-electron chi connectivity index (χ4n) is 4.83. The molecule has 38 heavy (non-hydrogen) atoms. The number of amides is 1. The highest BCUT2D eigenvalue weighted by atomic mass is 16.5. The standard InChI is InChI=1S/C29H35N7O2/c1-3-14-30-29(37)27-33-26(31-17-21-10-12-24(38-2)13-11-21)25-18-32-36(28(25)34-27)20-23-8-6-22(7-9-23)19-35-15-4-5-16-35/h6-13,18H,3-5,14-17,19-20H2,1-2H3,(H,30,37)(H,31,33,34)/p+1. The Morgan fingerprint density at radius 1 is 1.00 bits per heavy atom. The molecule has 0 bridgehead atoms. The number of fused-ring (bicyclic) bond motifs is 1. The Kier molecular flexibility index (Phi) is 8.13. The van der Waals surface area contributed by atoms with Crippen LogP contribution in [-0.2, 0) is 19.6 Å². The number of aromatic nitrogens is 4. The van der Waals surface area contributed by atoms with Crippen molar-refractivity contribution >= 4 is 22.8 Å². The summed E-state index contributed by atoms with van der Waals surface area (Å²) in [7, 11) is 1.65. The first-order chi connectivity index (χ1) is 18.6. The average molecular weight is 515 g/mol. The first-order valence-corrected chi connectivity index (χ1v) is 13.4. The van der Waals surface area contributed by atoms with Gasteiger partial charge in [-0.2, -0.15) is 5.10 Å². The summed E-state index contributed by atoms with van der Waals surface area (Å²) in [5, 5.41) is 11.7. The summed E-state index contributed by atoms with van der Waals surface area (Å²) >= 11 is 0. The van der Waals surface area contributed by atoms with Crippen molar-refractivity contribution in [1.29, 1.82) is 0 Å². The molecule has 0 saturated carbocycles. The number of nitrogens with zero attached hydrogens (tertiary/aromatic N) is 4. The lowest BCUT2D eigenvalue weighted by Gasteiger charge is -2.12. The zero-order chi connectivity index (χ0) is 26.3. The molecule has 0 unspecified atom stereocenters. The molecule has 1 saturated heterocycles. The topological polar surface area (TPSA) is 98.4 Å². The lowest BCUT2D eigenvalue weighted by Crippen LogP contribution is -3.08. The molecule has 1 aliphatic heterocycles. The molecule has 5 rings (SSSR count). The summed E-state index contributed by atoms with van der Waals surface area (Å²) in [5.41, 5.74) is 4.19. The molecule has 2 aromatic carbocycles. The van der Waals surface area contributed by atoms with E-state index in [1.54, 1.807) is 18.2 Å². The summed E-state index contributed by atoms with van der Waals surface area (Å²) in [6.07, 6.45) is 5.27. The van der Waals surface area contributed by atoms with Crippen molar-refractivity contribution in [1.82, 2.24) is 25.1 Å². The molecule has 3 heterocycles. The predicted molar refractivity (Wildman–Crippen MR) is 147 cm³/mol. The third-order valence-corrected chi connectivity index (χ3v) is 6.97. The fourth-order valence-corrected chi connectivity index (χ4v) is 4.83. The van der Waals surface area contributed by atoms with E-state index >= 15 is 0 Å². The van der Waals surface area contributed by atoms with Gasteiger partial charge in [0.2, 0.25) is 5.82 Å². The molecule has 198 valence electrons. The molecular weight excluding hydrogens is 478 g/mol. The van der Waals surface area contributed by atoms with Crippen LogP contribution in [0.4, 0.5) is 5.82 Å². The van der Waals surface area contributed by atoms with Gasteiger partial charge in [0.1, 0.15) is 18.1 Å². The first-order valence-electron chi connectivity index (χ1n) is 13.4. The number of nitrogens with one attached hydrogen (secondary N) is 3. The van der Waals surface area contributed by atoms with Crippen molar-refractivity contribution in [3.05, 3.63) is 77.2 Å². The van der Waals surface area contributed by atoms with E-state index in [9.17, 15) is 4.79 Å². The van der Waals surface area contributed by atoms with E-state index in [-0.39, 0.29) is 11.7 Å². The van der Waals surface area contributed by atoms with Gasteiger partial charge in [-0.15, -0.1) is 0 Å². The number of hydrogen-bond acceptors (Lipinski definition) is 6. The van der Waals surface area contributed by atoms with Crippen LogP contribution in [0.2, 0.25) is 0 Å². The van der Waals surface area contributed by atoms with Gasteiger partial charge in [0, 0.05) is 31.5 Å². The van der Waals surface area contributed by atoms with Crippen molar-refractivity contribution in [2.75, 3.05) is 32.1 Å². The number of ether oxygens (including phenoxy) is 1. The number of anilines is 1. The SMILES string of the molecule is CCCNC(=O)c1nc(NCc2ccc(OC)cc2)c2cnn(Cc3ccc(C[NH+]4CCCC4)cc3)c2n1. The maximum atomic E-state index is 12.8. The van der Waals surface area contributed by atoms with Crippen LogP contribution in [-0.4, -0.2) is 52.4 Å². The van der Waals surface area contributed by atoms with Crippen LogP contribution in [0.25, 0.3) is 11.0 Å². The number of hydrogen-bond donors (Lipinski definition) is 3. The molecule has 1 aliphatic rings. The lowest BCUT2D eigenvalue weighted by molar-refractivity contribution is -0.901. The van der Waals surface area contributed by atoms with Crippen molar-refractivity contribution < 1.29 is 14.4 Å². The van der Waals surface area contributed by atoms with Crippen molar-refractivity contribution in [2.24, 2.45) is 0 Å². The molecule has 0 aliphatic carbocycles. The van der Waals surface area contributed by atoms with Gasteiger partial charge in [-0.3, -0.25) is 4.79 Å². The Morgan fingerprint density at radius 3 is 2.42 bits per heavy atom. The highest BCUT2D eigenvalue weighted by molar-refractivity contribution is 5.95. The molecule has 1 fully saturated rings. The minimum Gasteiger partial charge on any atom is -0.497 e. The van der Waals surface area contributed by atoms with Gasteiger partial charge in [0.05, 0.1) is 38.3 Å². The van der Waals surface area contributed by atoms with Gasteiger partial charge in [-0.1, -0.05) is 43.3 Å². The van der Waals surface area contributed by atoms with Gasteiger partial charge in [0.25, 0.3) is 5.91 Å². The zero-order valence-corrected chi connectivity index (χ0v) is 22.2. The van der Waals surface area contributed by atoms with Crippen LogP contribution >= 0.6 is 0 Å². The molecule has 0 spiro atoms. The van der Waals surface area contributed by atoms with Crippen molar-refractivity contribution in [3.8, 4) is 5.75 Å².